The Balaban J connectivity index is 2.72. The number of carbonyl (C=O) groups excluding carboxylic acids is 1. The van der Waals surface area contributed by atoms with Crippen molar-refractivity contribution in [3.63, 3.8) is 0 Å². The molecule has 0 saturated heterocycles. The van der Waals surface area contributed by atoms with Crippen molar-refractivity contribution in [2.45, 2.75) is 26.3 Å². The van der Waals surface area contributed by atoms with E-state index in [1.54, 1.807) is 6.92 Å². The van der Waals surface area contributed by atoms with E-state index in [4.69, 9.17) is 0 Å². The van der Waals surface area contributed by atoms with Crippen molar-refractivity contribution in [2.24, 2.45) is 0 Å². The van der Waals surface area contributed by atoms with Crippen LogP contribution in [0.15, 0.2) is 0 Å². The molecule has 0 unspecified atom stereocenters. The second-order valence-electron chi connectivity index (χ2n) is 3.25. The molecule has 0 bridgehead atoms. The first-order valence-corrected chi connectivity index (χ1v) is 5.10. The molecule has 1 aromatic rings. The lowest BCUT2D eigenvalue weighted by Gasteiger charge is -2.08. The van der Waals surface area contributed by atoms with Crippen molar-refractivity contribution in [1.29, 1.82) is 0 Å². The Morgan fingerprint density at radius 3 is 2.61 bits per heavy atom. The average Bonchev–Trinajstić information content (AvgIpc) is 2.69. The molecule has 1 aromatic heterocycles. The molecule has 6 nitrogen and oxygen atoms in total. The van der Waals surface area contributed by atoms with Crippen LogP contribution in [-0.4, -0.2) is 41.0 Å². The van der Waals surface area contributed by atoms with Crippen molar-refractivity contribution in [3.8, 4) is 0 Å². The van der Waals surface area contributed by atoms with Crippen LogP contribution in [0.3, 0.4) is 0 Å². The molecule has 0 aromatic carbocycles. The van der Waals surface area contributed by atoms with Gasteiger partial charge in [-0.05, 0) is 6.42 Å². The van der Waals surface area contributed by atoms with E-state index in [1.165, 1.54) is 11.8 Å². The molecule has 0 amide bonds. The maximum atomic E-state index is 11.8. The highest BCUT2D eigenvalue weighted by Gasteiger charge is 2.29. The van der Waals surface area contributed by atoms with E-state index in [-0.39, 0.29) is 12.2 Å². The molecule has 0 atom stereocenters. The number of methoxy groups -OCH3 is 1. The van der Waals surface area contributed by atoms with Gasteiger partial charge < -0.3 is 4.74 Å². The molecule has 0 aliphatic carbocycles. The van der Waals surface area contributed by atoms with E-state index in [0.717, 1.165) is 0 Å². The predicted molar refractivity (Wildman–Crippen MR) is 52.7 cm³/mol. The Labute approximate surface area is 101 Å². The van der Waals surface area contributed by atoms with E-state index in [0.29, 0.717) is 12.1 Å². The zero-order valence-corrected chi connectivity index (χ0v) is 9.82. The number of hydrogen-bond acceptors (Lipinski definition) is 5. The summed E-state index contributed by atoms with van der Waals surface area (Å²) in [5.74, 6) is -0.671. The van der Waals surface area contributed by atoms with Crippen molar-refractivity contribution >= 4 is 5.97 Å². The largest absolute Gasteiger partial charge is 0.522 e. The van der Waals surface area contributed by atoms with Gasteiger partial charge in [-0.1, -0.05) is 12.1 Å². The number of rotatable bonds is 5. The number of ether oxygens (including phenoxy) is 2. The number of hydrogen-bond donors (Lipinski definition) is 0. The molecular formula is C9H12F3N3O3. The van der Waals surface area contributed by atoms with Gasteiger partial charge in [-0.2, -0.15) is 0 Å². The minimum absolute atomic E-state index is 0.00649. The summed E-state index contributed by atoms with van der Waals surface area (Å²) in [7, 11) is 1.19. The van der Waals surface area contributed by atoms with Gasteiger partial charge in [0, 0.05) is 0 Å². The van der Waals surface area contributed by atoms with Gasteiger partial charge in [0.1, 0.15) is 0 Å². The third kappa shape index (κ3) is 3.69. The molecule has 0 aliphatic rings. The minimum Gasteiger partial charge on any atom is -0.464 e. The molecule has 0 spiro atoms. The molecule has 0 fully saturated rings. The smallest absolute Gasteiger partial charge is 0.464 e. The molecular weight excluding hydrogens is 255 g/mol. The van der Waals surface area contributed by atoms with Gasteiger partial charge in [0.2, 0.25) is 0 Å². The van der Waals surface area contributed by atoms with E-state index in [1.807, 2.05) is 0 Å². The van der Waals surface area contributed by atoms with Crippen molar-refractivity contribution in [2.75, 3.05) is 13.7 Å². The zero-order chi connectivity index (χ0) is 13.8. The molecule has 102 valence electrons. The number of aromatic nitrogens is 3. The highest BCUT2D eigenvalue weighted by Crippen LogP contribution is 2.16. The molecule has 1 heterocycles. The molecule has 0 radical (unpaired) electrons. The predicted octanol–water partition coefficient (Wildman–Crippen LogP) is 1.16. The van der Waals surface area contributed by atoms with Crippen LogP contribution in [0.4, 0.5) is 13.2 Å². The van der Waals surface area contributed by atoms with Gasteiger partial charge in [-0.3, -0.25) is 4.74 Å². The summed E-state index contributed by atoms with van der Waals surface area (Å²) < 4.78 is 44.7. The van der Waals surface area contributed by atoms with E-state index in [9.17, 15) is 18.0 Å². The Kier molecular flexibility index (Phi) is 4.65. The summed E-state index contributed by atoms with van der Waals surface area (Å²) in [6.45, 7) is 0.986. The number of esters is 1. The van der Waals surface area contributed by atoms with Crippen molar-refractivity contribution in [1.82, 2.24) is 15.0 Å². The molecule has 0 N–H and O–H groups in total. The third-order valence-electron chi connectivity index (χ3n) is 2.12. The molecule has 9 heteroatoms. The molecule has 0 saturated carbocycles. The highest BCUT2D eigenvalue weighted by atomic mass is 19.4. The lowest BCUT2D eigenvalue weighted by Crippen LogP contribution is -2.19. The first-order valence-electron chi connectivity index (χ1n) is 5.10. The van der Waals surface area contributed by atoms with Gasteiger partial charge >= 0.3 is 12.3 Å². The standard InChI is InChI=1S/C9H12F3N3O3/c1-3-6-7(8(16)17-2)13-14-15(6)4-5-18-9(10,11)12/h3-5H2,1-2H3. The average molecular weight is 267 g/mol. The second-order valence-corrected chi connectivity index (χ2v) is 3.25. The van der Waals surface area contributed by atoms with Crippen molar-refractivity contribution in [3.05, 3.63) is 11.4 Å². The van der Waals surface area contributed by atoms with Crippen LogP contribution in [0.5, 0.6) is 0 Å². The molecule has 18 heavy (non-hydrogen) atoms. The number of carbonyl (C=O) groups is 1. The SMILES string of the molecule is CCc1c(C(=O)OC)nnn1CCOC(F)(F)F. The third-order valence-corrected chi connectivity index (χ3v) is 2.12. The summed E-state index contributed by atoms with van der Waals surface area (Å²) in [5, 5.41) is 7.17. The van der Waals surface area contributed by atoms with Crippen LogP contribution in [0.25, 0.3) is 0 Å². The van der Waals surface area contributed by atoms with E-state index >= 15 is 0 Å². The normalized spacial score (nSPS) is 11.6. The number of alkyl halides is 3. The fourth-order valence-electron chi connectivity index (χ4n) is 1.37. The van der Waals surface area contributed by atoms with E-state index in [2.05, 4.69) is 19.8 Å². The highest BCUT2D eigenvalue weighted by molar-refractivity contribution is 5.88. The van der Waals surface area contributed by atoms with Gasteiger partial charge in [-0.15, -0.1) is 18.3 Å². The monoisotopic (exact) mass is 267 g/mol. The number of nitrogens with zero attached hydrogens (tertiary/aromatic N) is 3. The van der Waals surface area contributed by atoms with Crippen LogP contribution >= 0.6 is 0 Å². The van der Waals surface area contributed by atoms with Gasteiger partial charge in [0.05, 0.1) is 26.0 Å². The second kappa shape index (κ2) is 5.80. The van der Waals surface area contributed by atoms with Gasteiger partial charge in [-0.25, -0.2) is 9.48 Å². The number of halogens is 3. The fraction of sp³-hybridized carbons (Fsp3) is 0.667. The minimum atomic E-state index is -4.68. The van der Waals surface area contributed by atoms with Crippen LogP contribution in [0, 0.1) is 0 Å². The molecule has 0 aliphatic heterocycles. The van der Waals surface area contributed by atoms with Crippen LogP contribution in [-0.2, 0) is 22.4 Å². The first-order chi connectivity index (χ1) is 8.39. The Hall–Kier alpha value is -1.64. The van der Waals surface area contributed by atoms with Crippen molar-refractivity contribution < 1.29 is 27.4 Å². The molecule has 1 rings (SSSR count). The lowest BCUT2D eigenvalue weighted by atomic mass is 10.2. The topological polar surface area (TPSA) is 66.2 Å². The van der Waals surface area contributed by atoms with Crippen LogP contribution < -0.4 is 0 Å². The summed E-state index contributed by atoms with van der Waals surface area (Å²) >= 11 is 0. The first kappa shape index (κ1) is 14.4. The quantitative estimate of drug-likeness (QED) is 0.749. The maximum absolute atomic E-state index is 11.8. The Bertz CT molecular complexity index is 417. The van der Waals surface area contributed by atoms with Gasteiger partial charge in [0.15, 0.2) is 5.69 Å². The summed E-state index contributed by atoms with van der Waals surface area (Å²) in [6.07, 6.45) is -4.29. The zero-order valence-electron chi connectivity index (χ0n) is 9.82. The van der Waals surface area contributed by atoms with E-state index < -0.39 is 18.9 Å². The Morgan fingerprint density at radius 2 is 2.11 bits per heavy atom. The van der Waals surface area contributed by atoms with Gasteiger partial charge in [0.25, 0.3) is 0 Å². The maximum Gasteiger partial charge on any atom is 0.522 e. The summed E-state index contributed by atoms with van der Waals surface area (Å²) in [4.78, 5) is 11.3. The summed E-state index contributed by atoms with van der Waals surface area (Å²) in [5.41, 5.74) is 0.416. The van der Waals surface area contributed by atoms with Crippen LogP contribution in [0.1, 0.15) is 23.1 Å². The lowest BCUT2D eigenvalue weighted by molar-refractivity contribution is -0.325. The van der Waals surface area contributed by atoms with Crippen LogP contribution in [0.2, 0.25) is 0 Å². The fourth-order valence-corrected chi connectivity index (χ4v) is 1.37. The Morgan fingerprint density at radius 1 is 1.44 bits per heavy atom. The summed E-state index contributed by atoms with van der Waals surface area (Å²) in [6, 6.07) is 0.